The SMILES string of the molecule is Cn1cc(-c2cccc(-c3ncc(-c4cnn([C@H]5CC[C@H](C(=O)N6CCOCC6)CC5)c4)cn3)c2)cn1. The summed E-state index contributed by atoms with van der Waals surface area (Å²) in [5.74, 6) is 1.11. The van der Waals surface area contributed by atoms with Crippen LogP contribution in [-0.2, 0) is 16.6 Å². The van der Waals surface area contributed by atoms with Crippen LogP contribution in [0, 0.1) is 5.92 Å². The molecule has 37 heavy (non-hydrogen) atoms. The summed E-state index contributed by atoms with van der Waals surface area (Å²) in [6, 6.07) is 8.51. The fourth-order valence-electron chi connectivity index (χ4n) is 5.35. The first-order valence-corrected chi connectivity index (χ1v) is 13.0. The van der Waals surface area contributed by atoms with Gasteiger partial charge in [-0.1, -0.05) is 18.2 Å². The molecule has 1 aromatic carbocycles. The molecule has 4 aromatic rings. The molecule has 0 spiro atoms. The molecular formula is C28H31N7O2. The van der Waals surface area contributed by atoms with Crippen LogP contribution in [0.1, 0.15) is 31.7 Å². The smallest absolute Gasteiger partial charge is 0.225 e. The van der Waals surface area contributed by atoms with Crippen LogP contribution in [0.2, 0.25) is 0 Å². The average Bonchev–Trinajstić information content (AvgIpc) is 3.63. The molecule has 1 amide bonds. The first kappa shape index (κ1) is 23.5. The van der Waals surface area contributed by atoms with Gasteiger partial charge in [0, 0.05) is 73.1 Å². The molecule has 1 aliphatic heterocycles. The van der Waals surface area contributed by atoms with Crippen molar-refractivity contribution in [3.63, 3.8) is 0 Å². The van der Waals surface area contributed by atoms with Gasteiger partial charge in [-0.15, -0.1) is 0 Å². The van der Waals surface area contributed by atoms with Gasteiger partial charge in [-0.05, 0) is 37.3 Å². The van der Waals surface area contributed by atoms with Crippen molar-refractivity contribution in [1.29, 1.82) is 0 Å². The number of benzene rings is 1. The van der Waals surface area contributed by atoms with E-state index in [0.29, 0.717) is 31.0 Å². The van der Waals surface area contributed by atoms with Gasteiger partial charge in [0.05, 0.1) is 31.6 Å². The molecule has 0 radical (unpaired) electrons. The number of aromatic nitrogens is 6. The second kappa shape index (κ2) is 10.3. The summed E-state index contributed by atoms with van der Waals surface area (Å²) < 4.78 is 9.23. The minimum absolute atomic E-state index is 0.127. The molecule has 2 aliphatic rings. The van der Waals surface area contributed by atoms with Crippen LogP contribution < -0.4 is 0 Å². The Morgan fingerprint density at radius 2 is 1.54 bits per heavy atom. The molecule has 1 saturated carbocycles. The Kier molecular flexibility index (Phi) is 6.53. The van der Waals surface area contributed by atoms with Crippen molar-refractivity contribution in [1.82, 2.24) is 34.4 Å². The molecule has 9 nitrogen and oxygen atoms in total. The van der Waals surface area contributed by atoms with Crippen LogP contribution in [0.4, 0.5) is 0 Å². The fraction of sp³-hybridized carbons (Fsp3) is 0.393. The first-order valence-electron chi connectivity index (χ1n) is 13.0. The Labute approximate surface area is 216 Å². The quantitative estimate of drug-likeness (QED) is 0.414. The number of nitrogens with zero attached hydrogens (tertiary/aromatic N) is 7. The molecule has 0 bridgehead atoms. The van der Waals surface area contributed by atoms with Crippen LogP contribution in [0.5, 0.6) is 0 Å². The van der Waals surface area contributed by atoms with Crippen LogP contribution >= 0.6 is 0 Å². The minimum Gasteiger partial charge on any atom is -0.378 e. The van der Waals surface area contributed by atoms with Gasteiger partial charge in [0.15, 0.2) is 5.82 Å². The molecule has 0 unspecified atom stereocenters. The predicted molar refractivity (Wildman–Crippen MR) is 139 cm³/mol. The zero-order valence-corrected chi connectivity index (χ0v) is 21.0. The lowest BCUT2D eigenvalue weighted by Gasteiger charge is -2.34. The van der Waals surface area contributed by atoms with Crippen molar-refractivity contribution < 1.29 is 9.53 Å². The van der Waals surface area contributed by atoms with Gasteiger partial charge in [0.25, 0.3) is 0 Å². The number of amides is 1. The van der Waals surface area contributed by atoms with Crippen molar-refractivity contribution in [2.24, 2.45) is 13.0 Å². The molecule has 4 heterocycles. The third-order valence-electron chi connectivity index (χ3n) is 7.49. The zero-order chi connectivity index (χ0) is 25.2. The highest BCUT2D eigenvalue weighted by Crippen LogP contribution is 2.34. The van der Waals surface area contributed by atoms with Crippen molar-refractivity contribution in [2.45, 2.75) is 31.7 Å². The number of ether oxygens (including phenoxy) is 1. The molecule has 3 aromatic heterocycles. The highest BCUT2D eigenvalue weighted by Gasteiger charge is 2.31. The molecule has 1 aliphatic carbocycles. The zero-order valence-electron chi connectivity index (χ0n) is 21.0. The number of carbonyl (C=O) groups excluding carboxylic acids is 1. The molecule has 190 valence electrons. The van der Waals surface area contributed by atoms with E-state index in [0.717, 1.165) is 66.6 Å². The Bertz CT molecular complexity index is 1360. The van der Waals surface area contributed by atoms with E-state index >= 15 is 0 Å². The van der Waals surface area contributed by atoms with Gasteiger partial charge in [-0.3, -0.25) is 14.2 Å². The summed E-state index contributed by atoms with van der Waals surface area (Å²) in [5, 5.41) is 8.91. The van der Waals surface area contributed by atoms with Gasteiger partial charge in [-0.25, -0.2) is 9.97 Å². The second-order valence-electron chi connectivity index (χ2n) is 9.93. The molecule has 9 heteroatoms. The predicted octanol–water partition coefficient (Wildman–Crippen LogP) is 4.00. The normalized spacial score (nSPS) is 20.2. The van der Waals surface area contributed by atoms with Crippen LogP contribution in [-0.4, -0.2) is 66.6 Å². The maximum absolute atomic E-state index is 12.8. The van der Waals surface area contributed by atoms with E-state index < -0.39 is 0 Å². The minimum atomic E-state index is 0.127. The molecule has 6 rings (SSSR count). The third-order valence-corrected chi connectivity index (χ3v) is 7.49. The number of rotatable bonds is 5. The van der Waals surface area contributed by atoms with Crippen molar-refractivity contribution in [3.8, 4) is 33.6 Å². The van der Waals surface area contributed by atoms with E-state index in [1.165, 1.54) is 0 Å². The molecule has 1 saturated heterocycles. The van der Waals surface area contributed by atoms with E-state index in [1.807, 2.05) is 55.1 Å². The van der Waals surface area contributed by atoms with Crippen molar-refractivity contribution in [3.05, 3.63) is 61.4 Å². The summed E-state index contributed by atoms with van der Waals surface area (Å²) in [7, 11) is 1.91. The molecule has 2 fully saturated rings. The first-order chi connectivity index (χ1) is 18.1. The van der Waals surface area contributed by atoms with Crippen molar-refractivity contribution in [2.75, 3.05) is 26.3 Å². The second-order valence-corrected chi connectivity index (χ2v) is 9.93. The average molecular weight is 498 g/mol. The highest BCUT2D eigenvalue weighted by atomic mass is 16.5. The summed E-state index contributed by atoms with van der Waals surface area (Å²) in [5.41, 5.74) is 5.05. The lowest BCUT2D eigenvalue weighted by atomic mass is 9.85. The van der Waals surface area contributed by atoms with Gasteiger partial charge in [-0.2, -0.15) is 10.2 Å². The Morgan fingerprint density at radius 1 is 0.838 bits per heavy atom. The monoisotopic (exact) mass is 497 g/mol. The summed E-state index contributed by atoms with van der Waals surface area (Å²) in [4.78, 5) is 24.1. The van der Waals surface area contributed by atoms with E-state index in [9.17, 15) is 4.79 Å². The lowest BCUT2D eigenvalue weighted by Crippen LogP contribution is -2.44. The van der Waals surface area contributed by atoms with Crippen LogP contribution in [0.15, 0.2) is 61.4 Å². The molecular weight excluding hydrogens is 466 g/mol. The lowest BCUT2D eigenvalue weighted by molar-refractivity contribution is -0.140. The number of carbonyl (C=O) groups is 1. The Balaban J connectivity index is 1.10. The van der Waals surface area contributed by atoms with Gasteiger partial charge in [0.1, 0.15) is 0 Å². The Morgan fingerprint density at radius 3 is 2.27 bits per heavy atom. The van der Waals surface area contributed by atoms with Gasteiger partial charge >= 0.3 is 0 Å². The molecule has 0 atom stereocenters. The van der Waals surface area contributed by atoms with Gasteiger partial charge in [0.2, 0.25) is 5.91 Å². The van der Waals surface area contributed by atoms with Crippen molar-refractivity contribution >= 4 is 5.91 Å². The summed E-state index contributed by atoms with van der Waals surface area (Å²) in [6.07, 6.45) is 15.3. The third kappa shape index (κ3) is 5.04. The number of hydrogen-bond acceptors (Lipinski definition) is 6. The summed E-state index contributed by atoms with van der Waals surface area (Å²) >= 11 is 0. The summed E-state index contributed by atoms with van der Waals surface area (Å²) in [6.45, 7) is 2.75. The Hall–Kier alpha value is -3.85. The topological polar surface area (TPSA) is 91.0 Å². The largest absolute Gasteiger partial charge is 0.378 e. The van der Waals surface area contributed by atoms with E-state index in [4.69, 9.17) is 4.74 Å². The maximum Gasteiger partial charge on any atom is 0.225 e. The number of morpholine rings is 1. The fourth-order valence-corrected chi connectivity index (χ4v) is 5.35. The van der Waals surface area contributed by atoms with Gasteiger partial charge < -0.3 is 9.64 Å². The van der Waals surface area contributed by atoms with Crippen LogP contribution in [0.25, 0.3) is 33.6 Å². The van der Waals surface area contributed by atoms with E-state index in [1.54, 1.807) is 4.68 Å². The van der Waals surface area contributed by atoms with E-state index in [2.05, 4.69) is 43.2 Å². The number of aryl methyl sites for hydroxylation is 1. The van der Waals surface area contributed by atoms with E-state index in [-0.39, 0.29) is 5.92 Å². The number of hydrogen-bond donors (Lipinski definition) is 0. The maximum atomic E-state index is 12.8. The highest BCUT2D eigenvalue weighted by molar-refractivity contribution is 5.79. The molecule has 0 N–H and O–H groups in total. The van der Waals surface area contributed by atoms with Crippen LogP contribution in [0.3, 0.4) is 0 Å². The standard InChI is InChI=1S/C28H31N7O2/c1-33-18-24(16-31-33)21-3-2-4-22(13-21)27-29-14-23(15-30-27)25-17-32-35(19-25)26-7-5-20(6-8-26)28(36)34-9-11-37-12-10-34/h2-4,13-20,26H,5-12H2,1H3/t20-,26-.